The van der Waals surface area contributed by atoms with Crippen molar-refractivity contribution >= 4 is 17.7 Å². The summed E-state index contributed by atoms with van der Waals surface area (Å²) in [5, 5.41) is 7.51. The van der Waals surface area contributed by atoms with Gasteiger partial charge < -0.3 is 10.1 Å². The molecule has 27 heavy (non-hydrogen) atoms. The summed E-state index contributed by atoms with van der Waals surface area (Å²) >= 11 is 0. The number of aryl methyl sites for hydroxylation is 2. The average molecular weight is 368 g/mol. The monoisotopic (exact) mass is 368 g/mol. The van der Waals surface area contributed by atoms with Gasteiger partial charge in [0.1, 0.15) is 5.56 Å². The van der Waals surface area contributed by atoms with E-state index in [1.807, 2.05) is 22.9 Å². The Morgan fingerprint density at radius 3 is 2.85 bits per heavy atom. The molecule has 0 bridgehead atoms. The van der Waals surface area contributed by atoms with Crippen LogP contribution in [0.15, 0.2) is 24.3 Å². The molecule has 2 aliphatic heterocycles. The number of para-hydroxylation sites is 1. The maximum atomic E-state index is 12.8. The molecule has 2 aliphatic rings. The molecular formula is C20H24N4O3. The first kappa shape index (κ1) is 17.6. The molecule has 0 radical (unpaired) electrons. The molecule has 142 valence electrons. The van der Waals surface area contributed by atoms with Crippen molar-refractivity contribution in [1.29, 1.82) is 0 Å². The first-order valence-electron chi connectivity index (χ1n) is 9.49. The van der Waals surface area contributed by atoms with E-state index in [2.05, 4.69) is 16.5 Å². The summed E-state index contributed by atoms with van der Waals surface area (Å²) < 4.78 is 6.84. The summed E-state index contributed by atoms with van der Waals surface area (Å²) in [6.45, 7) is 1.70. The number of nitrogens with zero attached hydrogens (tertiary/aromatic N) is 3. The van der Waals surface area contributed by atoms with Crippen molar-refractivity contribution in [2.45, 2.75) is 45.2 Å². The normalized spacial score (nSPS) is 15.7. The van der Waals surface area contributed by atoms with E-state index in [4.69, 9.17) is 4.74 Å². The molecule has 4 rings (SSSR count). The molecule has 1 aromatic heterocycles. The van der Waals surface area contributed by atoms with Gasteiger partial charge in [0, 0.05) is 18.8 Å². The Hall–Kier alpha value is -2.83. The third-order valence-electron chi connectivity index (χ3n) is 5.32. The van der Waals surface area contributed by atoms with Crippen LogP contribution in [0.25, 0.3) is 0 Å². The van der Waals surface area contributed by atoms with Gasteiger partial charge in [-0.1, -0.05) is 18.2 Å². The van der Waals surface area contributed by atoms with Gasteiger partial charge in [-0.3, -0.25) is 9.58 Å². The van der Waals surface area contributed by atoms with Gasteiger partial charge in [-0.2, -0.15) is 5.10 Å². The van der Waals surface area contributed by atoms with Crippen LogP contribution in [0, 0.1) is 0 Å². The van der Waals surface area contributed by atoms with E-state index in [1.165, 1.54) is 12.7 Å². The van der Waals surface area contributed by atoms with Gasteiger partial charge in [-0.05, 0) is 43.7 Å². The fourth-order valence-corrected chi connectivity index (χ4v) is 4.01. The second-order valence-electron chi connectivity index (χ2n) is 6.98. The number of carbonyl (C=O) groups is 2. The highest BCUT2D eigenvalue weighted by atomic mass is 16.5. The molecule has 1 N–H and O–H groups in total. The second-order valence-corrected chi connectivity index (χ2v) is 6.98. The number of hydrogen-bond donors (Lipinski definition) is 1. The Morgan fingerprint density at radius 1 is 1.15 bits per heavy atom. The van der Waals surface area contributed by atoms with Crippen LogP contribution in [0.1, 0.15) is 46.6 Å². The molecule has 2 amide bonds. The smallest absolute Gasteiger partial charge is 0.341 e. The van der Waals surface area contributed by atoms with Crippen molar-refractivity contribution in [3.8, 4) is 0 Å². The largest absolute Gasteiger partial charge is 0.465 e. The minimum atomic E-state index is -0.384. The van der Waals surface area contributed by atoms with E-state index >= 15 is 0 Å². The van der Waals surface area contributed by atoms with E-state index in [0.717, 1.165) is 50.0 Å². The maximum Gasteiger partial charge on any atom is 0.341 e. The Labute approximate surface area is 158 Å². The number of rotatable bonds is 3. The van der Waals surface area contributed by atoms with Gasteiger partial charge in [0.15, 0.2) is 0 Å². The summed E-state index contributed by atoms with van der Waals surface area (Å²) in [7, 11) is 1.38. The number of esters is 1. The summed E-state index contributed by atoms with van der Waals surface area (Å²) in [5.41, 5.74) is 4.15. The fourth-order valence-electron chi connectivity index (χ4n) is 4.01. The number of hydrogen-bond acceptors (Lipinski definition) is 4. The van der Waals surface area contributed by atoms with Gasteiger partial charge in [-0.15, -0.1) is 0 Å². The molecule has 0 saturated carbocycles. The minimum absolute atomic E-state index is 0.163. The fraction of sp³-hybridized carbons (Fsp3) is 0.450. The predicted molar refractivity (Wildman–Crippen MR) is 101 cm³/mol. The molecule has 0 fully saturated rings. The van der Waals surface area contributed by atoms with Crippen LogP contribution >= 0.6 is 0 Å². The first-order chi connectivity index (χ1) is 13.2. The number of nitrogens with one attached hydrogen (secondary N) is 1. The number of fused-ring (bicyclic) bond motifs is 2. The van der Waals surface area contributed by atoms with E-state index in [9.17, 15) is 9.59 Å². The summed E-state index contributed by atoms with van der Waals surface area (Å²) in [4.78, 5) is 26.8. The zero-order valence-corrected chi connectivity index (χ0v) is 15.5. The van der Waals surface area contributed by atoms with Crippen molar-refractivity contribution < 1.29 is 14.3 Å². The predicted octanol–water partition coefficient (Wildman–Crippen LogP) is 2.67. The Bertz CT molecular complexity index is 874. The number of amides is 2. The molecule has 0 unspecified atom stereocenters. The molecule has 0 saturated heterocycles. The average Bonchev–Trinajstić information content (AvgIpc) is 3.09. The standard InChI is InChI=1S/C20H24N4O3/c1-27-19(25)18-15(22-24-12-5-4-10-17(18)24)13-21-20(26)23-11-6-8-14-7-2-3-9-16(14)23/h2-3,7,9H,4-6,8,10-13H2,1H3,(H,21,26). The lowest BCUT2D eigenvalue weighted by Crippen LogP contribution is -2.42. The molecule has 3 heterocycles. The number of anilines is 1. The van der Waals surface area contributed by atoms with E-state index in [1.54, 1.807) is 4.90 Å². The summed E-state index contributed by atoms with van der Waals surface area (Å²) in [6, 6.07) is 7.82. The number of benzene rings is 1. The van der Waals surface area contributed by atoms with Gasteiger partial charge in [0.2, 0.25) is 0 Å². The molecular weight excluding hydrogens is 344 g/mol. The van der Waals surface area contributed by atoms with Gasteiger partial charge in [0.05, 0.1) is 25.0 Å². The van der Waals surface area contributed by atoms with Crippen molar-refractivity contribution in [2.24, 2.45) is 0 Å². The SMILES string of the molecule is COC(=O)c1c(CNC(=O)N2CCCc3ccccc32)nn2c1CCCC2. The van der Waals surface area contributed by atoms with E-state index < -0.39 is 0 Å². The lowest BCUT2D eigenvalue weighted by Gasteiger charge is -2.29. The van der Waals surface area contributed by atoms with Crippen LogP contribution in [0.4, 0.5) is 10.5 Å². The zero-order chi connectivity index (χ0) is 18.8. The minimum Gasteiger partial charge on any atom is -0.465 e. The lowest BCUT2D eigenvalue weighted by atomic mass is 10.0. The molecule has 1 aromatic carbocycles. The molecule has 0 aliphatic carbocycles. The number of ether oxygens (including phenoxy) is 1. The third-order valence-corrected chi connectivity index (χ3v) is 5.32. The zero-order valence-electron chi connectivity index (χ0n) is 15.5. The van der Waals surface area contributed by atoms with Gasteiger partial charge in [0.25, 0.3) is 0 Å². The van der Waals surface area contributed by atoms with Gasteiger partial charge >= 0.3 is 12.0 Å². The second kappa shape index (κ2) is 7.42. The van der Waals surface area contributed by atoms with Crippen LogP contribution in [-0.4, -0.2) is 35.4 Å². The summed E-state index contributed by atoms with van der Waals surface area (Å²) in [6.07, 6.45) is 4.82. The Kier molecular flexibility index (Phi) is 4.83. The van der Waals surface area contributed by atoms with Gasteiger partial charge in [-0.25, -0.2) is 9.59 Å². The quantitative estimate of drug-likeness (QED) is 0.845. The summed E-state index contributed by atoms with van der Waals surface area (Å²) in [5.74, 6) is -0.384. The first-order valence-corrected chi connectivity index (χ1v) is 9.49. The van der Waals surface area contributed by atoms with Crippen LogP contribution in [0.3, 0.4) is 0 Å². The third kappa shape index (κ3) is 3.29. The molecule has 7 nitrogen and oxygen atoms in total. The number of aromatic nitrogens is 2. The topological polar surface area (TPSA) is 76.5 Å². The van der Waals surface area contributed by atoms with Crippen LogP contribution in [0.5, 0.6) is 0 Å². The number of urea groups is 1. The Morgan fingerprint density at radius 2 is 2.00 bits per heavy atom. The molecule has 2 aromatic rings. The maximum absolute atomic E-state index is 12.8. The van der Waals surface area contributed by atoms with Crippen molar-refractivity contribution in [1.82, 2.24) is 15.1 Å². The highest BCUT2D eigenvalue weighted by Gasteiger charge is 2.27. The highest BCUT2D eigenvalue weighted by Crippen LogP contribution is 2.27. The van der Waals surface area contributed by atoms with Crippen LogP contribution in [0.2, 0.25) is 0 Å². The van der Waals surface area contributed by atoms with E-state index in [-0.39, 0.29) is 18.5 Å². The van der Waals surface area contributed by atoms with Crippen LogP contribution in [-0.2, 0) is 30.7 Å². The molecule has 0 spiro atoms. The Balaban J connectivity index is 1.53. The van der Waals surface area contributed by atoms with Crippen LogP contribution < -0.4 is 10.2 Å². The number of carbonyl (C=O) groups excluding carboxylic acids is 2. The number of methoxy groups -OCH3 is 1. The molecule has 7 heteroatoms. The van der Waals surface area contributed by atoms with Crippen molar-refractivity contribution in [3.63, 3.8) is 0 Å². The lowest BCUT2D eigenvalue weighted by molar-refractivity contribution is 0.0597. The van der Waals surface area contributed by atoms with Crippen molar-refractivity contribution in [2.75, 3.05) is 18.6 Å². The van der Waals surface area contributed by atoms with E-state index in [0.29, 0.717) is 17.8 Å². The van der Waals surface area contributed by atoms with Crippen molar-refractivity contribution in [3.05, 3.63) is 46.8 Å². The highest BCUT2D eigenvalue weighted by molar-refractivity contribution is 5.94. The molecule has 0 atom stereocenters.